The Morgan fingerprint density at radius 1 is 1.19 bits per heavy atom. The van der Waals surface area contributed by atoms with Gasteiger partial charge < -0.3 is 0 Å². The average Bonchev–Trinajstić information content (AvgIpc) is 2.28. The summed E-state index contributed by atoms with van der Waals surface area (Å²) < 4.78 is 1.57. The molecule has 2 aromatic rings. The number of aromatic nitrogens is 2. The fourth-order valence-corrected chi connectivity index (χ4v) is 1.49. The first kappa shape index (κ1) is 12.4. The van der Waals surface area contributed by atoms with Gasteiger partial charge in [-0.2, -0.15) is 0 Å². The summed E-state index contributed by atoms with van der Waals surface area (Å²) in [5.41, 5.74) is 1.93. The summed E-state index contributed by atoms with van der Waals surface area (Å²) in [6.07, 6.45) is 0. The minimum atomic E-state index is 0.0208. The second kappa shape index (κ2) is 4.92. The molecular formula is C13H18N2O. The number of fused-ring (bicyclic) bond motifs is 1. The number of benzene rings is 1. The number of hydrogen-bond acceptors (Lipinski definition) is 2. The van der Waals surface area contributed by atoms with E-state index >= 15 is 0 Å². The lowest BCUT2D eigenvalue weighted by Gasteiger charge is -2.05. The standard InChI is InChI=1S/C11H12N2O.C2H6/c1-7-4-5-9-10(6-7)12-8(2)13(3)11(9)14;1-2/h4-6H,1-3H3;1-2H3. The molecule has 2 rings (SSSR count). The van der Waals surface area contributed by atoms with Crippen LogP contribution in [0.1, 0.15) is 25.2 Å². The van der Waals surface area contributed by atoms with Crippen LogP contribution in [0.2, 0.25) is 0 Å². The molecule has 0 amide bonds. The largest absolute Gasteiger partial charge is 0.299 e. The normalized spacial score (nSPS) is 9.81. The van der Waals surface area contributed by atoms with Crippen LogP contribution >= 0.6 is 0 Å². The van der Waals surface area contributed by atoms with Gasteiger partial charge in [0, 0.05) is 7.05 Å². The van der Waals surface area contributed by atoms with Crippen LogP contribution < -0.4 is 5.56 Å². The predicted octanol–water partition coefficient (Wildman–Crippen LogP) is 2.58. The first-order chi connectivity index (χ1) is 7.59. The quantitative estimate of drug-likeness (QED) is 0.681. The molecule has 86 valence electrons. The van der Waals surface area contributed by atoms with Gasteiger partial charge in [-0.05, 0) is 31.5 Å². The first-order valence-corrected chi connectivity index (χ1v) is 5.53. The van der Waals surface area contributed by atoms with Crippen molar-refractivity contribution in [2.24, 2.45) is 7.05 Å². The van der Waals surface area contributed by atoms with Crippen molar-refractivity contribution in [3.05, 3.63) is 39.9 Å². The summed E-state index contributed by atoms with van der Waals surface area (Å²) >= 11 is 0. The van der Waals surface area contributed by atoms with Crippen LogP contribution in [0.4, 0.5) is 0 Å². The van der Waals surface area contributed by atoms with Crippen LogP contribution in [-0.4, -0.2) is 9.55 Å². The molecule has 1 aromatic carbocycles. The third-order valence-electron chi connectivity index (χ3n) is 2.46. The van der Waals surface area contributed by atoms with Crippen LogP contribution in [0, 0.1) is 13.8 Å². The molecule has 3 nitrogen and oxygen atoms in total. The molecule has 0 fully saturated rings. The molecule has 0 aliphatic carbocycles. The van der Waals surface area contributed by atoms with Crippen LogP contribution in [0.3, 0.4) is 0 Å². The Labute approximate surface area is 95.8 Å². The lowest BCUT2D eigenvalue weighted by molar-refractivity contribution is 0.792. The SMILES string of the molecule is CC.Cc1ccc2c(=O)n(C)c(C)nc2c1. The minimum Gasteiger partial charge on any atom is -0.299 e. The zero-order valence-electron chi connectivity index (χ0n) is 10.5. The molecule has 0 aliphatic rings. The molecule has 0 saturated carbocycles. The molecule has 0 spiro atoms. The molecule has 0 saturated heterocycles. The van der Waals surface area contributed by atoms with Crippen molar-refractivity contribution in [3.8, 4) is 0 Å². The van der Waals surface area contributed by atoms with Gasteiger partial charge in [-0.25, -0.2) is 4.98 Å². The van der Waals surface area contributed by atoms with E-state index in [9.17, 15) is 4.79 Å². The lowest BCUT2D eigenvalue weighted by Crippen LogP contribution is -2.20. The zero-order chi connectivity index (χ0) is 12.3. The van der Waals surface area contributed by atoms with Crippen molar-refractivity contribution in [1.29, 1.82) is 0 Å². The Kier molecular flexibility index (Phi) is 3.82. The van der Waals surface area contributed by atoms with Crippen molar-refractivity contribution < 1.29 is 0 Å². The summed E-state index contributed by atoms with van der Waals surface area (Å²) in [6, 6.07) is 5.70. The van der Waals surface area contributed by atoms with Crippen molar-refractivity contribution in [3.63, 3.8) is 0 Å². The number of nitrogens with zero attached hydrogens (tertiary/aromatic N) is 2. The molecular weight excluding hydrogens is 200 g/mol. The molecule has 0 unspecified atom stereocenters. The van der Waals surface area contributed by atoms with Crippen molar-refractivity contribution >= 4 is 10.9 Å². The highest BCUT2D eigenvalue weighted by Gasteiger charge is 2.04. The summed E-state index contributed by atoms with van der Waals surface area (Å²) in [5.74, 6) is 0.744. The fraction of sp³-hybridized carbons (Fsp3) is 0.385. The second-order valence-corrected chi connectivity index (χ2v) is 3.54. The maximum absolute atomic E-state index is 11.8. The van der Waals surface area contributed by atoms with E-state index in [4.69, 9.17) is 0 Å². The third kappa shape index (κ3) is 2.13. The van der Waals surface area contributed by atoms with Gasteiger partial charge in [-0.1, -0.05) is 19.9 Å². The van der Waals surface area contributed by atoms with Gasteiger partial charge in [0.1, 0.15) is 5.82 Å². The van der Waals surface area contributed by atoms with E-state index in [0.717, 1.165) is 16.9 Å². The van der Waals surface area contributed by atoms with Crippen molar-refractivity contribution in [2.75, 3.05) is 0 Å². The molecule has 16 heavy (non-hydrogen) atoms. The van der Waals surface area contributed by atoms with E-state index in [1.807, 2.05) is 45.9 Å². The zero-order valence-corrected chi connectivity index (χ0v) is 10.5. The molecule has 1 aromatic heterocycles. The molecule has 0 aliphatic heterocycles. The Morgan fingerprint density at radius 3 is 2.44 bits per heavy atom. The molecule has 0 bridgehead atoms. The van der Waals surface area contributed by atoms with Gasteiger partial charge >= 0.3 is 0 Å². The Hall–Kier alpha value is -1.64. The lowest BCUT2D eigenvalue weighted by atomic mass is 10.2. The van der Waals surface area contributed by atoms with E-state index < -0.39 is 0 Å². The highest BCUT2D eigenvalue weighted by Crippen LogP contribution is 2.09. The van der Waals surface area contributed by atoms with Gasteiger partial charge in [0.05, 0.1) is 10.9 Å². The highest BCUT2D eigenvalue weighted by molar-refractivity contribution is 5.78. The molecule has 1 heterocycles. The van der Waals surface area contributed by atoms with Gasteiger partial charge in [-0.3, -0.25) is 9.36 Å². The Morgan fingerprint density at radius 2 is 1.81 bits per heavy atom. The molecule has 0 radical (unpaired) electrons. The number of aryl methyl sites for hydroxylation is 2. The molecule has 0 N–H and O–H groups in total. The van der Waals surface area contributed by atoms with E-state index in [0.29, 0.717) is 5.39 Å². The summed E-state index contributed by atoms with van der Waals surface area (Å²) in [6.45, 7) is 7.83. The topological polar surface area (TPSA) is 34.9 Å². The Balaban J connectivity index is 0.000000606. The van der Waals surface area contributed by atoms with Gasteiger partial charge in [0.25, 0.3) is 5.56 Å². The van der Waals surface area contributed by atoms with Gasteiger partial charge in [-0.15, -0.1) is 0 Å². The molecule has 0 atom stereocenters. The smallest absolute Gasteiger partial charge is 0.261 e. The first-order valence-electron chi connectivity index (χ1n) is 5.53. The van der Waals surface area contributed by atoms with E-state index in [1.165, 1.54) is 0 Å². The van der Waals surface area contributed by atoms with Crippen LogP contribution in [-0.2, 0) is 7.05 Å². The summed E-state index contributed by atoms with van der Waals surface area (Å²) in [7, 11) is 1.74. The number of rotatable bonds is 0. The van der Waals surface area contributed by atoms with Gasteiger partial charge in [0.15, 0.2) is 0 Å². The average molecular weight is 218 g/mol. The maximum Gasteiger partial charge on any atom is 0.261 e. The Bertz CT molecular complexity index is 556. The van der Waals surface area contributed by atoms with Crippen LogP contribution in [0.25, 0.3) is 10.9 Å². The van der Waals surface area contributed by atoms with Gasteiger partial charge in [0.2, 0.25) is 0 Å². The van der Waals surface area contributed by atoms with Crippen molar-refractivity contribution in [1.82, 2.24) is 9.55 Å². The molecule has 3 heteroatoms. The second-order valence-electron chi connectivity index (χ2n) is 3.54. The highest BCUT2D eigenvalue weighted by atomic mass is 16.1. The summed E-state index contributed by atoms with van der Waals surface area (Å²) in [5, 5.41) is 0.684. The number of hydrogen-bond donors (Lipinski definition) is 0. The minimum absolute atomic E-state index is 0.0208. The van der Waals surface area contributed by atoms with Crippen LogP contribution in [0.15, 0.2) is 23.0 Å². The van der Waals surface area contributed by atoms with E-state index in [-0.39, 0.29) is 5.56 Å². The summed E-state index contributed by atoms with van der Waals surface area (Å²) in [4.78, 5) is 16.1. The third-order valence-corrected chi connectivity index (χ3v) is 2.46. The monoisotopic (exact) mass is 218 g/mol. The maximum atomic E-state index is 11.8. The van der Waals surface area contributed by atoms with Crippen molar-refractivity contribution in [2.45, 2.75) is 27.7 Å². The van der Waals surface area contributed by atoms with E-state index in [2.05, 4.69) is 4.98 Å². The van der Waals surface area contributed by atoms with E-state index in [1.54, 1.807) is 11.6 Å². The predicted molar refractivity (Wildman–Crippen MR) is 67.8 cm³/mol. The van der Waals surface area contributed by atoms with Crippen LogP contribution in [0.5, 0.6) is 0 Å². The fourth-order valence-electron chi connectivity index (χ4n) is 1.49.